The lowest BCUT2D eigenvalue weighted by Gasteiger charge is -2.08. The molecule has 0 aliphatic heterocycles. The molecule has 3 N–H and O–H groups in total. The molecule has 2 rings (SSSR count). The van der Waals surface area contributed by atoms with Gasteiger partial charge in [0.2, 0.25) is 0 Å². The Morgan fingerprint density at radius 2 is 2.05 bits per heavy atom. The van der Waals surface area contributed by atoms with Crippen LogP contribution in [0.3, 0.4) is 0 Å². The van der Waals surface area contributed by atoms with E-state index in [2.05, 4.69) is 22.7 Å². The summed E-state index contributed by atoms with van der Waals surface area (Å²) >= 11 is 10.8. The zero-order chi connectivity index (χ0) is 15.1. The van der Waals surface area contributed by atoms with E-state index in [1.165, 1.54) is 0 Å². The second-order valence-corrected chi connectivity index (χ2v) is 5.05. The van der Waals surface area contributed by atoms with Crippen molar-refractivity contribution in [3.8, 4) is 5.75 Å². The first-order chi connectivity index (χ1) is 10.1. The van der Waals surface area contributed by atoms with E-state index in [1.54, 1.807) is 18.3 Å². The molecule has 0 spiro atoms. The van der Waals surface area contributed by atoms with Crippen molar-refractivity contribution in [3.05, 3.63) is 64.7 Å². The maximum absolute atomic E-state index is 6.18. The normalized spacial score (nSPS) is 10.5. The summed E-state index contributed by atoms with van der Waals surface area (Å²) in [4.78, 5) is 0. The minimum Gasteiger partial charge on any atom is -0.487 e. The Morgan fingerprint density at radius 3 is 2.71 bits per heavy atom. The average molecular weight is 320 g/mol. The highest BCUT2D eigenvalue weighted by Crippen LogP contribution is 2.25. The summed E-state index contributed by atoms with van der Waals surface area (Å²) in [6, 6.07) is 15.3. The van der Waals surface area contributed by atoms with Crippen molar-refractivity contribution < 1.29 is 4.74 Å². The van der Waals surface area contributed by atoms with Crippen molar-refractivity contribution in [3.63, 3.8) is 0 Å². The van der Waals surface area contributed by atoms with Crippen molar-refractivity contribution in [1.29, 1.82) is 0 Å². The summed E-state index contributed by atoms with van der Waals surface area (Å²) in [5.74, 6) is 0.625. The van der Waals surface area contributed by atoms with Gasteiger partial charge in [0.1, 0.15) is 12.4 Å². The van der Waals surface area contributed by atoms with Crippen molar-refractivity contribution in [1.82, 2.24) is 5.43 Å². The van der Waals surface area contributed by atoms with Crippen LogP contribution in [0.25, 0.3) is 0 Å². The van der Waals surface area contributed by atoms with Crippen molar-refractivity contribution in [2.24, 2.45) is 10.8 Å². The van der Waals surface area contributed by atoms with Crippen LogP contribution in [0.5, 0.6) is 5.75 Å². The summed E-state index contributed by atoms with van der Waals surface area (Å²) in [7, 11) is 0. The Labute approximate surface area is 133 Å². The van der Waals surface area contributed by atoms with Gasteiger partial charge in [-0.2, -0.15) is 5.10 Å². The van der Waals surface area contributed by atoms with Gasteiger partial charge in [-0.1, -0.05) is 41.9 Å². The number of nitrogens with two attached hydrogens (primary N) is 1. The fourth-order valence-electron chi connectivity index (χ4n) is 1.62. The Kier molecular flexibility index (Phi) is 5.54. The average Bonchev–Trinajstić information content (AvgIpc) is 2.47. The van der Waals surface area contributed by atoms with E-state index in [4.69, 9.17) is 22.1 Å². The van der Waals surface area contributed by atoms with Crippen LogP contribution in [0.1, 0.15) is 11.1 Å². The highest BCUT2D eigenvalue weighted by molar-refractivity contribution is 7.80. The standard InChI is InChI=1S/C15H14ClN3OS/c16-13-8-12(9-18-19-15(17)21)6-7-14(13)20-10-11-4-2-1-3-5-11/h1-9H,10H2,(H3,17,19,21). The molecule has 6 heteroatoms. The molecule has 21 heavy (non-hydrogen) atoms. The Bertz CT molecular complexity index is 647. The number of nitrogens with zero attached hydrogens (tertiary/aromatic N) is 1. The summed E-state index contributed by atoms with van der Waals surface area (Å²) in [5, 5.41) is 4.49. The number of hydrogen-bond donors (Lipinski definition) is 2. The first-order valence-electron chi connectivity index (χ1n) is 6.20. The van der Waals surface area contributed by atoms with E-state index < -0.39 is 0 Å². The Morgan fingerprint density at radius 1 is 1.29 bits per heavy atom. The maximum Gasteiger partial charge on any atom is 0.184 e. The van der Waals surface area contributed by atoms with E-state index in [9.17, 15) is 0 Å². The predicted molar refractivity (Wildman–Crippen MR) is 89.7 cm³/mol. The SMILES string of the molecule is NC(=S)NN=Cc1ccc(OCc2ccccc2)c(Cl)c1. The number of halogens is 1. The minimum atomic E-state index is 0.111. The van der Waals surface area contributed by atoms with Crippen LogP contribution in [-0.2, 0) is 6.61 Å². The van der Waals surface area contributed by atoms with Crippen LogP contribution >= 0.6 is 23.8 Å². The van der Waals surface area contributed by atoms with Gasteiger partial charge >= 0.3 is 0 Å². The lowest BCUT2D eigenvalue weighted by atomic mass is 10.2. The fourth-order valence-corrected chi connectivity index (χ4v) is 1.92. The number of thiocarbonyl (C=S) groups is 1. The van der Waals surface area contributed by atoms with Crippen LogP contribution in [-0.4, -0.2) is 11.3 Å². The third kappa shape index (κ3) is 5.06. The summed E-state index contributed by atoms with van der Waals surface area (Å²) in [6.07, 6.45) is 1.58. The van der Waals surface area contributed by atoms with Crippen molar-refractivity contribution in [2.75, 3.05) is 0 Å². The van der Waals surface area contributed by atoms with Gasteiger partial charge in [-0.05, 0) is 41.5 Å². The zero-order valence-electron chi connectivity index (χ0n) is 11.1. The second kappa shape index (κ2) is 7.61. The van der Waals surface area contributed by atoms with Crippen molar-refractivity contribution in [2.45, 2.75) is 6.61 Å². The topological polar surface area (TPSA) is 59.6 Å². The molecule has 0 heterocycles. The first-order valence-corrected chi connectivity index (χ1v) is 6.98. The van der Waals surface area contributed by atoms with Crippen LogP contribution in [0.4, 0.5) is 0 Å². The van der Waals surface area contributed by atoms with Gasteiger partial charge in [-0.15, -0.1) is 0 Å². The van der Waals surface area contributed by atoms with Gasteiger partial charge in [0, 0.05) is 0 Å². The highest BCUT2D eigenvalue weighted by atomic mass is 35.5. The zero-order valence-corrected chi connectivity index (χ0v) is 12.7. The van der Waals surface area contributed by atoms with Gasteiger partial charge in [-0.25, -0.2) is 0 Å². The Hall–Kier alpha value is -2.11. The number of ether oxygens (including phenoxy) is 1. The quantitative estimate of drug-likeness (QED) is 0.505. The molecule has 0 fully saturated rings. The highest BCUT2D eigenvalue weighted by Gasteiger charge is 2.03. The molecule has 4 nitrogen and oxygen atoms in total. The number of nitrogens with one attached hydrogen (secondary N) is 1. The lowest BCUT2D eigenvalue weighted by Crippen LogP contribution is -2.23. The van der Waals surface area contributed by atoms with E-state index in [-0.39, 0.29) is 5.11 Å². The van der Waals surface area contributed by atoms with Gasteiger partial charge in [-0.3, -0.25) is 5.43 Å². The molecular weight excluding hydrogens is 306 g/mol. The molecule has 0 unspecified atom stereocenters. The summed E-state index contributed by atoms with van der Waals surface area (Å²) in [5.41, 5.74) is 9.64. The van der Waals surface area contributed by atoms with Crippen LogP contribution in [0.2, 0.25) is 5.02 Å². The lowest BCUT2D eigenvalue weighted by molar-refractivity contribution is 0.306. The molecule has 2 aromatic rings. The molecule has 0 radical (unpaired) electrons. The van der Waals surface area contributed by atoms with Gasteiger partial charge in [0.25, 0.3) is 0 Å². The number of rotatable bonds is 5. The van der Waals surface area contributed by atoms with E-state index in [1.807, 2.05) is 36.4 Å². The van der Waals surface area contributed by atoms with Crippen LogP contribution < -0.4 is 15.9 Å². The minimum absolute atomic E-state index is 0.111. The summed E-state index contributed by atoms with van der Waals surface area (Å²) in [6.45, 7) is 0.469. The largest absolute Gasteiger partial charge is 0.487 e. The van der Waals surface area contributed by atoms with Crippen LogP contribution in [0, 0.1) is 0 Å². The monoisotopic (exact) mass is 319 g/mol. The summed E-state index contributed by atoms with van der Waals surface area (Å²) < 4.78 is 5.69. The Balaban J connectivity index is 1.99. The fraction of sp³-hybridized carbons (Fsp3) is 0.0667. The number of benzene rings is 2. The number of hydrogen-bond acceptors (Lipinski definition) is 3. The third-order valence-corrected chi connectivity index (χ3v) is 2.97. The van der Waals surface area contributed by atoms with E-state index in [0.717, 1.165) is 11.1 Å². The van der Waals surface area contributed by atoms with Gasteiger partial charge in [0.15, 0.2) is 5.11 Å². The molecule has 0 bridgehead atoms. The molecule has 0 aliphatic rings. The molecule has 0 saturated heterocycles. The van der Waals surface area contributed by atoms with Crippen LogP contribution in [0.15, 0.2) is 53.6 Å². The maximum atomic E-state index is 6.18. The van der Waals surface area contributed by atoms with E-state index >= 15 is 0 Å². The predicted octanol–water partition coefficient (Wildman–Crippen LogP) is 3.09. The molecule has 0 saturated carbocycles. The molecule has 0 aromatic heterocycles. The molecule has 0 atom stereocenters. The van der Waals surface area contributed by atoms with Gasteiger partial charge in [0.05, 0.1) is 11.2 Å². The molecule has 108 valence electrons. The van der Waals surface area contributed by atoms with E-state index in [0.29, 0.717) is 17.4 Å². The van der Waals surface area contributed by atoms with Gasteiger partial charge < -0.3 is 10.5 Å². The third-order valence-electron chi connectivity index (χ3n) is 2.58. The smallest absolute Gasteiger partial charge is 0.184 e. The molecule has 0 aliphatic carbocycles. The van der Waals surface area contributed by atoms with Crippen molar-refractivity contribution >= 4 is 35.1 Å². The second-order valence-electron chi connectivity index (χ2n) is 4.20. The first kappa shape index (κ1) is 15.3. The molecule has 0 amide bonds. The molecular formula is C15H14ClN3OS. The number of hydrazone groups is 1. The molecule has 2 aromatic carbocycles.